The molecule has 0 atom stereocenters. The minimum Gasteiger partial charge on any atom is -0.300 e. The summed E-state index contributed by atoms with van der Waals surface area (Å²) in [6.07, 6.45) is 0. The Morgan fingerprint density at radius 1 is 1.50 bits per heavy atom. The van der Waals surface area contributed by atoms with E-state index in [-0.39, 0.29) is 5.69 Å². The van der Waals surface area contributed by atoms with Crippen LogP contribution >= 0.6 is 23.2 Å². The van der Waals surface area contributed by atoms with Crippen LogP contribution in [0.4, 0.5) is 14.9 Å². The molecule has 0 N–H and O–H groups in total. The third-order valence-electron chi connectivity index (χ3n) is 1.85. The Morgan fingerprint density at radius 2 is 2.07 bits per heavy atom. The molecule has 14 heavy (non-hydrogen) atoms. The molecule has 0 bridgehead atoms. The summed E-state index contributed by atoms with van der Waals surface area (Å²) in [7, 11) is 1.42. The average molecular weight is 236 g/mol. The molecule has 1 rings (SSSR count). The van der Waals surface area contributed by atoms with Crippen LogP contribution in [0.1, 0.15) is 5.56 Å². The second kappa shape index (κ2) is 4.15. The molecule has 5 heteroatoms. The highest BCUT2D eigenvalue weighted by Crippen LogP contribution is 2.28. The standard InChI is InChI=1S/C9H8Cl2FNO/c1-5-3-6(10)8(4-7(5)12)13(2)9(11)14/h3-4H,1-2H3. The lowest BCUT2D eigenvalue weighted by Crippen LogP contribution is -2.20. The zero-order valence-electron chi connectivity index (χ0n) is 7.64. The summed E-state index contributed by atoms with van der Waals surface area (Å²) < 4.78 is 13.1. The van der Waals surface area contributed by atoms with Crippen LogP contribution in [-0.2, 0) is 0 Å². The highest BCUT2D eigenvalue weighted by molar-refractivity contribution is 6.66. The van der Waals surface area contributed by atoms with Gasteiger partial charge in [0.25, 0.3) is 0 Å². The maximum atomic E-state index is 13.1. The molecular formula is C9H8Cl2FNO. The van der Waals surface area contributed by atoms with E-state index >= 15 is 0 Å². The van der Waals surface area contributed by atoms with Crippen LogP contribution in [0.3, 0.4) is 0 Å². The van der Waals surface area contributed by atoms with Gasteiger partial charge in [0.2, 0.25) is 0 Å². The number of hydrogen-bond donors (Lipinski definition) is 0. The molecule has 2 nitrogen and oxygen atoms in total. The van der Waals surface area contributed by atoms with E-state index in [1.54, 1.807) is 6.92 Å². The molecule has 0 saturated carbocycles. The van der Waals surface area contributed by atoms with Crippen LogP contribution in [0.15, 0.2) is 12.1 Å². The Labute approximate surface area is 91.2 Å². The summed E-state index contributed by atoms with van der Waals surface area (Å²) in [5.41, 5.74) is 0.684. The minimum atomic E-state index is -0.713. The van der Waals surface area contributed by atoms with Gasteiger partial charge in [0.15, 0.2) is 0 Å². The first-order valence-corrected chi connectivity index (χ1v) is 4.58. The van der Waals surface area contributed by atoms with Crippen molar-refractivity contribution in [3.63, 3.8) is 0 Å². The number of benzene rings is 1. The van der Waals surface area contributed by atoms with Crippen molar-refractivity contribution in [2.45, 2.75) is 6.92 Å². The molecule has 1 aromatic carbocycles. The number of amides is 1. The van der Waals surface area contributed by atoms with Gasteiger partial charge in [-0.05, 0) is 36.2 Å². The van der Waals surface area contributed by atoms with Gasteiger partial charge in [-0.15, -0.1) is 0 Å². The van der Waals surface area contributed by atoms with E-state index in [1.807, 2.05) is 0 Å². The molecule has 1 amide bonds. The molecule has 0 radical (unpaired) electrons. The molecule has 0 aliphatic carbocycles. The lowest BCUT2D eigenvalue weighted by molar-refractivity contribution is 0.265. The summed E-state index contributed by atoms with van der Waals surface area (Å²) in [5, 5.41) is -0.421. The molecule has 0 saturated heterocycles. The lowest BCUT2D eigenvalue weighted by atomic mass is 10.2. The van der Waals surface area contributed by atoms with E-state index in [1.165, 1.54) is 19.2 Å². The summed E-state index contributed by atoms with van der Waals surface area (Å²) in [6, 6.07) is 2.63. The van der Waals surface area contributed by atoms with Crippen molar-refractivity contribution < 1.29 is 9.18 Å². The van der Waals surface area contributed by atoms with Gasteiger partial charge >= 0.3 is 5.37 Å². The van der Waals surface area contributed by atoms with Crippen LogP contribution in [-0.4, -0.2) is 12.4 Å². The molecule has 0 spiro atoms. The van der Waals surface area contributed by atoms with E-state index < -0.39 is 11.2 Å². The summed E-state index contributed by atoms with van der Waals surface area (Å²) >= 11 is 11.1. The second-order valence-corrected chi connectivity index (χ2v) is 3.60. The third kappa shape index (κ3) is 2.16. The largest absolute Gasteiger partial charge is 0.320 e. The second-order valence-electron chi connectivity index (χ2n) is 2.86. The van der Waals surface area contributed by atoms with E-state index in [4.69, 9.17) is 23.2 Å². The van der Waals surface area contributed by atoms with Crippen LogP contribution in [0, 0.1) is 12.7 Å². The van der Waals surface area contributed by atoms with Crippen LogP contribution in [0.2, 0.25) is 5.02 Å². The molecular weight excluding hydrogens is 228 g/mol. The highest BCUT2D eigenvalue weighted by atomic mass is 35.5. The first-order valence-electron chi connectivity index (χ1n) is 3.82. The number of hydrogen-bond acceptors (Lipinski definition) is 1. The molecule has 1 aromatic rings. The van der Waals surface area contributed by atoms with Gasteiger partial charge < -0.3 is 4.90 Å². The Balaban J connectivity index is 3.22. The molecule has 0 unspecified atom stereocenters. The van der Waals surface area contributed by atoms with Crippen molar-refractivity contribution in [1.82, 2.24) is 0 Å². The zero-order chi connectivity index (χ0) is 10.9. The molecule has 0 heterocycles. The van der Waals surface area contributed by atoms with Gasteiger partial charge in [-0.2, -0.15) is 0 Å². The van der Waals surface area contributed by atoms with Gasteiger partial charge in [0.05, 0.1) is 10.7 Å². The Morgan fingerprint density at radius 3 is 2.57 bits per heavy atom. The zero-order valence-corrected chi connectivity index (χ0v) is 9.16. The highest BCUT2D eigenvalue weighted by Gasteiger charge is 2.13. The quantitative estimate of drug-likeness (QED) is 0.539. The predicted octanol–water partition coefficient (Wildman–Crippen LogP) is 3.58. The number of halogens is 3. The van der Waals surface area contributed by atoms with Gasteiger partial charge in [-0.25, -0.2) is 4.39 Å². The average Bonchev–Trinajstić information content (AvgIpc) is 2.10. The fourth-order valence-corrected chi connectivity index (χ4v) is 1.42. The number of carbonyl (C=O) groups is 1. The first kappa shape index (κ1) is 11.3. The van der Waals surface area contributed by atoms with Crippen molar-refractivity contribution in [3.8, 4) is 0 Å². The van der Waals surface area contributed by atoms with E-state index in [9.17, 15) is 9.18 Å². The van der Waals surface area contributed by atoms with Crippen LogP contribution in [0.25, 0.3) is 0 Å². The SMILES string of the molecule is Cc1cc(Cl)c(N(C)C(=O)Cl)cc1F. The smallest absolute Gasteiger partial charge is 0.300 e. The lowest BCUT2D eigenvalue weighted by Gasteiger charge is -2.15. The van der Waals surface area contributed by atoms with Gasteiger partial charge in [-0.3, -0.25) is 4.79 Å². The van der Waals surface area contributed by atoms with Crippen molar-refractivity contribution in [3.05, 3.63) is 28.5 Å². The van der Waals surface area contributed by atoms with Gasteiger partial charge in [-0.1, -0.05) is 11.6 Å². The number of rotatable bonds is 1. The van der Waals surface area contributed by atoms with E-state index in [2.05, 4.69) is 0 Å². The summed E-state index contributed by atoms with van der Waals surface area (Å²) in [6.45, 7) is 1.59. The summed E-state index contributed by atoms with van der Waals surface area (Å²) in [4.78, 5) is 11.9. The van der Waals surface area contributed by atoms with Crippen molar-refractivity contribution in [1.29, 1.82) is 0 Å². The van der Waals surface area contributed by atoms with Crippen molar-refractivity contribution in [2.24, 2.45) is 0 Å². The number of anilines is 1. The fraction of sp³-hybridized carbons (Fsp3) is 0.222. The minimum absolute atomic E-state index is 0.259. The third-order valence-corrected chi connectivity index (χ3v) is 2.41. The maximum absolute atomic E-state index is 13.1. The number of aryl methyl sites for hydroxylation is 1. The Hall–Kier alpha value is -0.800. The molecule has 0 fully saturated rings. The number of carbonyl (C=O) groups excluding carboxylic acids is 1. The molecule has 0 aromatic heterocycles. The summed E-state index contributed by atoms with van der Waals surface area (Å²) in [5.74, 6) is -0.422. The molecule has 0 aliphatic heterocycles. The monoisotopic (exact) mass is 235 g/mol. The first-order chi connectivity index (χ1) is 6.43. The van der Waals surface area contributed by atoms with Gasteiger partial charge in [0, 0.05) is 7.05 Å². The van der Waals surface area contributed by atoms with Gasteiger partial charge in [0.1, 0.15) is 5.82 Å². The number of nitrogens with zero attached hydrogens (tertiary/aromatic N) is 1. The normalized spacial score (nSPS) is 10.1. The van der Waals surface area contributed by atoms with Crippen LogP contribution in [0.5, 0.6) is 0 Å². The molecule has 76 valence electrons. The van der Waals surface area contributed by atoms with Crippen molar-refractivity contribution >= 4 is 34.3 Å². The van der Waals surface area contributed by atoms with E-state index in [0.29, 0.717) is 10.6 Å². The predicted molar refractivity (Wildman–Crippen MR) is 55.8 cm³/mol. The van der Waals surface area contributed by atoms with Crippen molar-refractivity contribution in [2.75, 3.05) is 11.9 Å². The van der Waals surface area contributed by atoms with Crippen LogP contribution < -0.4 is 4.90 Å². The topological polar surface area (TPSA) is 20.3 Å². The Kier molecular flexibility index (Phi) is 3.34. The Bertz CT molecular complexity index is 381. The fourth-order valence-electron chi connectivity index (χ4n) is 0.988. The van der Waals surface area contributed by atoms with E-state index in [0.717, 1.165) is 4.90 Å². The maximum Gasteiger partial charge on any atom is 0.320 e. The molecule has 0 aliphatic rings.